The maximum atomic E-state index is 2.32. The molecule has 18 heavy (non-hydrogen) atoms. The van der Waals surface area contributed by atoms with E-state index in [-0.39, 0.29) is 0 Å². The predicted octanol–water partition coefficient (Wildman–Crippen LogP) is 6.32. The van der Waals surface area contributed by atoms with Crippen LogP contribution in [-0.2, 0) is 0 Å². The smallest absolute Gasteiger partial charge is 0.0165 e. The quantitative estimate of drug-likeness (QED) is 0.424. The van der Waals surface area contributed by atoms with Gasteiger partial charge in [-0.15, -0.1) is 0 Å². The van der Waals surface area contributed by atoms with Gasteiger partial charge in [0.1, 0.15) is 0 Å². The average Bonchev–Trinajstić information content (AvgIpc) is 2.43. The largest absolute Gasteiger partial charge is 0.0654 e. The van der Waals surface area contributed by atoms with Crippen molar-refractivity contribution in [2.75, 3.05) is 0 Å². The Morgan fingerprint density at radius 1 is 0.778 bits per heavy atom. The van der Waals surface area contributed by atoms with Crippen LogP contribution in [0.15, 0.2) is 30.3 Å². The first-order valence-electron chi connectivity index (χ1n) is 7.93. The van der Waals surface area contributed by atoms with E-state index in [1.165, 1.54) is 63.4 Å². The van der Waals surface area contributed by atoms with Crippen molar-refractivity contribution >= 4 is 0 Å². The van der Waals surface area contributed by atoms with Crippen LogP contribution in [0, 0.1) is 0 Å². The maximum absolute atomic E-state index is 2.32. The summed E-state index contributed by atoms with van der Waals surface area (Å²) in [7, 11) is 0. The minimum absolute atomic E-state index is 0.779. The highest BCUT2D eigenvalue weighted by atomic mass is 14.1. The summed E-state index contributed by atoms with van der Waals surface area (Å²) in [5.74, 6) is 0.779. The van der Waals surface area contributed by atoms with E-state index in [4.69, 9.17) is 0 Å². The number of rotatable bonds is 10. The second kappa shape index (κ2) is 10.2. The van der Waals surface area contributed by atoms with E-state index in [1.54, 1.807) is 0 Å². The first-order chi connectivity index (χ1) is 8.88. The normalized spacial score (nSPS) is 12.6. The summed E-state index contributed by atoms with van der Waals surface area (Å²) < 4.78 is 0. The van der Waals surface area contributed by atoms with Gasteiger partial charge in [0.2, 0.25) is 0 Å². The van der Waals surface area contributed by atoms with Crippen LogP contribution < -0.4 is 0 Å². The van der Waals surface area contributed by atoms with E-state index in [2.05, 4.69) is 44.2 Å². The molecule has 0 aliphatic heterocycles. The minimum atomic E-state index is 0.779. The molecule has 0 spiro atoms. The fourth-order valence-electron chi connectivity index (χ4n) is 2.68. The molecule has 1 aromatic rings. The summed E-state index contributed by atoms with van der Waals surface area (Å²) >= 11 is 0. The molecule has 0 bridgehead atoms. The third-order valence-electron chi connectivity index (χ3n) is 3.92. The van der Waals surface area contributed by atoms with Crippen LogP contribution in [0.4, 0.5) is 0 Å². The standard InChI is InChI=1S/C18H30/c1-3-5-6-7-8-9-11-14-17(4-2)18-15-12-10-13-16-18/h10,12-13,15-17H,3-9,11,14H2,1-2H3/t17-/m1/s1. The molecule has 1 rings (SSSR count). The van der Waals surface area contributed by atoms with Gasteiger partial charge in [0, 0.05) is 0 Å². The highest BCUT2D eigenvalue weighted by molar-refractivity contribution is 5.19. The molecule has 0 fully saturated rings. The van der Waals surface area contributed by atoms with E-state index in [0.29, 0.717) is 0 Å². The van der Waals surface area contributed by atoms with Crippen LogP contribution in [-0.4, -0.2) is 0 Å². The molecule has 0 radical (unpaired) electrons. The van der Waals surface area contributed by atoms with Crippen molar-refractivity contribution in [1.82, 2.24) is 0 Å². The molecule has 0 N–H and O–H groups in total. The number of unbranched alkanes of at least 4 members (excludes halogenated alkanes) is 6. The molecule has 0 aliphatic rings. The van der Waals surface area contributed by atoms with Crippen molar-refractivity contribution in [3.63, 3.8) is 0 Å². The summed E-state index contributed by atoms with van der Waals surface area (Å²) in [6.45, 7) is 4.60. The molecule has 0 heteroatoms. The Labute approximate surface area is 114 Å². The molecule has 0 amide bonds. The van der Waals surface area contributed by atoms with Crippen molar-refractivity contribution in [1.29, 1.82) is 0 Å². The lowest BCUT2D eigenvalue weighted by molar-refractivity contribution is 0.525. The monoisotopic (exact) mass is 246 g/mol. The molecule has 0 saturated heterocycles. The molecule has 102 valence electrons. The van der Waals surface area contributed by atoms with Crippen LogP contribution in [0.25, 0.3) is 0 Å². The topological polar surface area (TPSA) is 0 Å². The van der Waals surface area contributed by atoms with Gasteiger partial charge in [-0.1, -0.05) is 89.1 Å². The zero-order valence-electron chi connectivity index (χ0n) is 12.3. The Morgan fingerprint density at radius 2 is 1.39 bits per heavy atom. The van der Waals surface area contributed by atoms with E-state index < -0.39 is 0 Å². The van der Waals surface area contributed by atoms with Crippen molar-refractivity contribution in [2.24, 2.45) is 0 Å². The van der Waals surface area contributed by atoms with Crippen LogP contribution in [0.2, 0.25) is 0 Å². The van der Waals surface area contributed by atoms with Crippen LogP contribution in [0.5, 0.6) is 0 Å². The summed E-state index contributed by atoms with van der Waals surface area (Å²) in [6.07, 6.45) is 12.6. The van der Waals surface area contributed by atoms with E-state index in [1.807, 2.05) is 0 Å². The lowest BCUT2D eigenvalue weighted by Gasteiger charge is -2.15. The number of benzene rings is 1. The highest BCUT2D eigenvalue weighted by Crippen LogP contribution is 2.25. The maximum Gasteiger partial charge on any atom is -0.0165 e. The van der Waals surface area contributed by atoms with Gasteiger partial charge < -0.3 is 0 Å². The molecule has 0 nitrogen and oxygen atoms in total. The van der Waals surface area contributed by atoms with Crippen LogP contribution in [0.3, 0.4) is 0 Å². The van der Waals surface area contributed by atoms with E-state index >= 15 is 0 Å². The average molecular weight is 246 g/mol. The Morgan fingerprint density at radius 3 is 2.00 bits per heavy atom. The van der Waals surface area contributed by atoms with Crippen LogP contribution >= 0.6 is 0 Å². The highest BCUT2D eigenvalue weighted by Gasteiger charge is 2.07. The summed E-state index contributed by atoms with van der Waals surface area (Å²) in [4.78, 5) is 0. The van der Waals surface area contributed by atoms with E-state index in [0.717, 1.165) is 5.92 Å². The van der Waals surface area contributed by atoms with Gasteiger partial charge in [-0.25, -0.2) is 0 Å². The second-order valence-corrected chi connectivity index (χ2v) is 5.43. The molecular formula is C18H30. The lowest BCUT2D eigenvalue weighted by atomic mass is 9.91. The molecule has 0 heterocycles. The Hall–Kier alpha value is -0.780. The van der Waals surface area contributed by atoms with Gasteiger partial charge in [0.25, 0.3) is 0 Å². The van der Waals surface area contributed by atoms with Crippen LogP contribution in [0.1, 0.15) is 83.1 Å². The summed E-state index contributed by atoms with van der Waals surface area (Å²) in [5, 5.41) is 0. The van der Waals surface area contributed by atoms with Crippen molar-refractivity contribution < 1.29 is 0 Å². The SMILES string of the molecule is CCCCCCCCC[C@@H](CC)c1ccccc1. The Kier molecular flexibility index (Phi) is 8.63. The molecule has 1 atom stereocenters. The van der Waals surface area contributed by atoms with Gasteiger partial charge in [0.15, 0.2) is 0 Å². The van der Waals surface area contributed by atoms with Gasteiger partial charge in [0.05, 0.1) is 0 Å². The van der Waals surface area contributed by atoms with Gasteiger partial charge in [-0.3, -0.25) is 0 Å². The van der Waals surface area contributed by atoms with E-state index in [9.17, 15) is 0 Å². The number of hydrogen-bond acceptors (Lipinski definition) is 0. The summed E-state index contributed by atoms with van der Waals surface area (Å²) in [6, 6.07) is 11.0. The second-order valence-electron chi connectivity index (χ2n) is 5.43. The third-order valence-corrected chi connectivity index (χ3v) is 3.92. The molecule has 0 saturated carbocycles. The Bertz CT molecular complexity index is 275. The van der Waals surface area contributed by atoms with Gasteiger partial charge in [-0.05, 0) is 24.3 Å². The van der Waals surface area contributed by atoms with Gasteiger partial charge in [-0.2, -0.15) is 0 Å². The zero-order valence-corrected chi connectivity index (χ0v) is 12.3. The fraction of sp³-hybridized carbons (Fsp3) is 0.667. The van der Waals surface area contributed by atoms with Crippen molar-refractivity contribution in [3.8, 4) is 0 Å². The molecular weight excluding hydrogens is 216 g/mol. The zero-order chi connectivity index (χ0) is 13.1. The lowest BCUT2D eigenvalue weighted by Crippen LogP contribution is -1.97. The number of hydrogen-bond donors (Lipinski definition) is 0. The van der Waals surface area contributed by atoms with Gasteiger partial charge >= 0.3 is 0 Å². The van der Waals surface area contributed by atoms with Crippen molar-refractivity contribution in [2.45, 2.75) is 77.6 Å². The molecule has 0 aromatic heterocycles. The molecule has 0 unspecified atom stereocenters. The minimum Gasteiger partial charge on any atom is -0.0654 e. The third kappa shape index (κ3) is 6.23. The fourth-order valence-corrected chi connectivity index (χ4v) is 2.68. The molecule has 1 aromatic carbocycles. The summed E-state index contributed by atoms with van der Waals surface area (Å²) in [5.41, 5.74) is 1.53. The first kappa shape index (κ1) is 15.3. The predicted molar refractivity (Wildman–Crippen MR) is 82.1 cm³/mol. The van der Waals surface area contributed by atoms with Crippen molar-refractivity contribution in [3.05, 3.63) is 35.9 Å². The Balaban J connectivity index is 2.13. The molecule has 0 aliphatic carbocycles. The first-order valence-corrected chi connectivity index (χ1v) is 7.93.